The van der Waals surface area contributed by atoms with Crippen LogP contribution in [-0.4, -0.2) is 44.7 Å². The molecule has 3 amide bonds. The molecule has 0 fully saturated rings. The van der Waals surface area contributed by atoms with Gasteiger partial charge >= 0.3 is 12.0 Å². The van der Waals surface area contributed by atoms with Gasteiger partial charge in [0.2, 0.25) is 0 Å². The smallest absolute Gasteiger partial charge is 0.335 e. The quantitative estimate of drug-likeness (QED) is 0.659. The Labute approximate surface area is 189 Å². The van der Waals surface area contributed by atoms with Crippen LogP contribution in [0.3, 0.4) is 0 Å². The van der Waals surface area contributed by atoms with Crippen molar-refractivity contribution in [2.75, 3.05) is 11.9 Å². The number of nitrogens with zero attached hydrogens (tertiary/aromatic N) is 4. The number of amides is 3. The maximum absolute atomic E-state index is 12.9. The minimum absolute atomic E-state index is 0.102. The van der Waals surface area contributed by atoms with Gasteiger partial charge in [0.1, 0.15) is 6.07 Å². The fourth-order valence-electron chi connectivity index (χ4n) is 4.34. The molecule has 1 aromatic heterocycles. The van der Waals surface area contributed by atoms with E-state index in [1.165, 1.54) is 29.2 Å². The molecule has 4 N–H and O–H groups in total. The van der Waals surface area contributed by atoms with Crippen LogP contribution >= 0.6 is 0 Å². The van der Waals surface area contributed by atoms with Crippen LogP contribution < -0.4 is 11.1 Å². The van der Waals surface area contributed by atoms with Gasteiger partial charge in [-0.1, -0.05) is 6.08 Å². The Bertz CT molecular complexity index is 1250. The van der Waals surface area contributed by atoms with Crippen LogP contribution in [0, 0.1) is 11.3 Å². The highest BCUT2D eigenvalue weighted by molar-refractivity contribution is 5.99. The highest BCUT2D eigenvalue weighted by Crippen LogP contribution is 2.35. The summed E-state index contributed by atoms with van der Waals surface area (Å²) in [6.45, 7) is 2.74. The van der Waals surface area contributed by atoms with Gasteiger partial charge in [0.15, 0.2) is 0 Å². The number of hydrogen-bond acceptors (Lipinski definition) is 5. The predicted octanol–water partition coefficient (Wildman–Crippen LogP) is 2.67. The van der Waals surface area contributed by atoms with E-state index in [-0.39, 0.29) is 29.2 Å². The summed E-state index contributed by atoms with van der Waals surface area (Å²) >= 11 is 0. The maximum Gasteiger partial charge on any atom is 0.335 e. The van der Waals surface area contributed by atoms with Crippen LogP contribution in [0.4, 0.5) is 10.5 Å². The second-order valence-corrected chi connectivity index (χ2v) is 7.89. The Balaban J connectivity index is 1.64. The van der Waals surface area contributed by atoms with Crippen molar-refractivity contribution >= 4 is 29.3 Å². The van der Waals surface area contributed by atoms with E-state index in [4.69, 9.17) is 10.8 Å². The molecule has 168 valence electrons. The number of carboxylic acids is 1. The molecule has 2 aliphatic rings. The predicted molar refractivity (Wildman–Crippen MR) is 120 cm³/mol. The molecule has 4 rings (SSSR count). The van der Waals surface area contributed by atoms with Crippen molar-refractivity contribution < 1.29 is 19.5 Å². The summed E-state index contributed by atoms with van der Waals surface area (Å²) < 4.78 is 1.92. The first-order chi connectivity index (χ1) is 15.8. The van der Waals surface area contributed by atoms with E-state index in [9.17, 15) is 19.6 Å². The molecule has 0 bridgehead atoms. The summed E-state index contributed by atoms with van der Waals surface area (Å²) in [7, 11) is 0. The Kier molecular flexibility index (Phi) is 5.70. The zero-order chi connectivity index (χ0) is 23.7. The number of nitrogens with one attached hydrogen (secondary N) is 1. The molecule has 0 spiro atoms. The van der Waals surface area contributed by atoms with E-state index in [1.54, 1.807) is 6.20 Å². The number of urea groups is 1. The average molecular weight is 446 g/mol. The minimum Gasteiger partial charge on any atom is -0.478 e. The van der Waals surface area contributed by atoms with Gasteiger partial charge in [-0.15, -0.1) is 0 Å². The van der Waals surface area contributed by atoms with Gasteiger partial charge < -0.3 is 25.6 Å². The Morgan fingerprint density at radius 3 is 2.58 bits per heavy atom. The molecule has 1 unspecified atom stereocenters. The number of carbonyl (C=O) groups excluding carboxylic acids is 2. The first kappa shape index (κ1) is 21.8. The number of anilines is 1. The third-order valence-electron chi connectivity index (χ3n) is 5.96. The van der Waals surface area contributed by atoms with Crippen LogP contribution in [0.5, 0.6) is 0 Å². The second kappa shape index (κ2) is 8.63. The van der Waals surface area contributed by atoms with Crippen LogP contribution in [-0.2, 0) is 13.1 Å². The lowest BCUT2D eigenvalue weighted by Gasteiger charge is -2.31. The zero-order valence-electron chi connectivity index (χ0n) is 17.9. The molecule has 33 heavy (non-hydrogen) atoms. The summed E-state index contributed by atoms with van der Waals surface area (Å²) in [5.41, 5.74) is 8.67. The molecule has 0 aliphatic carbocycles. The number of benzene rings is 1. The Morgan fingerprint density at radius 2 is 1.97 bits per heavy atom. The lowest BCUT2D eigenvalue weighted by atomic mass is 9.91. The van der Waals surface area contributed by atoms with Gasteiger partial charge in [0.05, 0.1) is 28.9 Å². The van der Waals surface area contributed by atoms with Gasteiger partial charge in [-0.25, -0.2) is 9.59 Å². The van der Waals surface area contributed by atoms with Crippen molar-refractivity contribution in [1.29, 1.82) is 5.26 Å². The largest absolute Gasteiger partial charge is 0.478 e. The van der Waals surface area contributed by atoms with Crippen molar-refractivity contribution in [3.8, 4) is 6.07 Å². The Morgan fingerprint density at radius 1 is 1.24 bits per heavy atom. The first-order valence-corrected chi connectivity index (χ1v) is 10.4. The molecular weight excluding hydrogens is 424 g/mol. The molecule has 0 saturated heterocycles. The number of nitriles is 1. The SMILES string of the molecule is CC1=NC=CCC1c1c(C#N)c(C(N)=O)c2n1CCN(C(=O)Nc1ccc(C(=O)O)cc1)C2. The molecule has 1 atom stereocenters. The molecule has 0 radical (unpaired) electrons. The summed E-state index contributed by atoms with van der Waals surface area (Å²) in [6, 6.07) is 7.56. The number of primary amides is 1. The maximum atomic E-state index is 12.9. The molecule has 1 aromatic carbocycles. The molecule has 10 nitrogen and oxygen atoms in total. The van der Waals surface area contributed by atoms with E-state index in [2.05, 4.69) is 16.4 Å². The number of carboxylic acid groups (broad SMARTS) is 1. The second-order valence-electron chi connectivity index (χ2n) is 7.89. The van der Waals surface area contributed by atoms with Gasteiger partial charge in [0.25, 0.3) is 5.91 Å². The normalized spacial score (nSPS) is 17.0. The van der Waals surface area contributed by atoms with Crippen LogP contribution in [0.1, 0.15) is 56.9 Å². The number of aliphatic imine (C=N–C) groups is 1. The number of allylic oxidation sites excluding steroid dienone is 1. The molecule has 0 saturated carbocycles. The number of aromatic nitrogens is 1. The van der Waals surface area contributed by atoms with E-state index >= 15 is 0 Å². The lowest BCUT2D eigenvalue weighted by Crippen LogP contribution is -2.41. The van der Waals surface area contributed by atoms with Crippen molar-refractivity contribution in [3.05, 3.63) is 64.6 Å². The number of carbonyl (C=O) groups is 3. The first-order valence-electron chi connectivity index (χ1n) is 10.4. The minimum atomic E-state index is -1.05. The highest BCUT2D eigenvalue weighted by Gasteiger charge is 2.35. The fourth-order valence-corrected chi connectivity index (χ4v) is 4.34. The number of aromatic carboxylic acids is 1. The topological polar surface area (TPSA) is 154 Å². The van der Waals surface area contributed by atoms with E-state index in [0.717, 1.165) is 5.71 Å². The van der Waals surface area contributed by atoms with Gasteiger partial charge in [-0.3, -0.25) is 9.79 Å². The van der Waals surface area contributed by atoms with Crippen LogP contribution in [0.25, 0.3) is 0 Å². The lowest BCUT2D eigenvalue weighted by molar-refractivity contribution is 0.0696. The van der Waals surface area contributed by atoms with Gasteiger partial charge in [-0.05, 0) is 37.6 Å². The molecule has 2 aliphatic heterocycles. The molecule has 10 heteroatoms. The number of rotatable bonds is 4. The zero-order valence-corrected chi connectivity index (χ0v) is 17.9. The van der Waals surface area contributed by atoms with E-state index in [0.29, 0.717) is 36.6 Å². The van der Waals surface area contributed by atoms with Crippen molar-refractivity contribution in [3.63, 3.8) is 0 Å². The number of nitrogens with two attached hydrogens (primary N) is 1. The summed E-state index contributed by atoms with van der Waals surface area (Å²) in [5, 5.41) is 21.6. The highest BCUT2D eigenvalue weighted by atomic mass is 16.4. The summed E-state index contributed by atoms with van der Waals surface area (Å²) in [5.74, 6) is -1.92. The molecule has 3 heterocycles. The average Bonchev–Trinajstić information content (AvgIpc) is 3.13. The summed E-state index contributed by atoms with van der Waals surface area (Å²) in [4.78, 5) is 42.1. The van der Waals surface area contributed by atoms with Crippen molar-refractivity contribution in [2.45, 2.75) is 32.4 Å². The monoisotopic (exact) mass is 446 g/mol. The van der Waals surface area contributed by atoms with E-state index < -0.39 is 17.9 Å². The van der Waals surface area contributed by atoms with E-state index in [1.807, 2.05) is 17.6 Å². The summed E-state index contributed by atoms with van der Waals surface area (Å²) in [6.07, 6.45) is 4.30. The third-order valence-corrected chi connectivity index (χ3v) is 5.96. The standard InChI is InChI=1S/C23H22N6O4/c1-13-16(3-2-8-26-13)20-17(11-24)19(21(25)30)18-12-28(9-10-29(18)20)23(33)27-15-6-4-14(5-7-15)22(31)32/h2,4-8,16H,3,9-10,12H2,1H3,(H2,25,30)(H,27,33)(H,31,32). The third kappa shape index (κ3) is 3.96. The van der Waals surface area contributed by atoms with Crippen LogP contribution in [0.15, 0.2) is 41.5 Å². The van der Waals surface area contributed by atoms with Gasteiger partial charge in [-0.2, -0.15) is 5.26 Å². The van der Waals surface area contributed by atoms with Gasteiger partial charge in [0, 0.05) is 42.3 Å². The molecule has 2 aromatic rings. The van der Waals surface area contributed by atoms with Crippen molar-refractivity contribution in [1.82, 2.24) is 9.47 Å². The van der Waals surface area contributed by atoms with Crippen molar-refractivity contribution in [2.24, 2.45) is 10.7 Å². The Hall–Kier alpha value is -4.39. The number of hydrogen-bond donors (Lipinski definition) is 3. The number of fused-ring (bicyclic) bond motifs is 1. The fraction of sp³-hybridized carbons (Fsp3) is 0.261. The molecular formula is C23H22N6O4. The van der Waals surface area contributed by atoms with Crippen LogP contribution in [0.2, 0.25) is 0 Å².